The molecule has 0 spiro atoms. The molecule has 0 unspecified atom stereocenters. The van der Waals surface area contributed by atoms with E-state index in [1.165, 1.54) is 48.8 Å². The molecule has 16 heteroatoms. The lowest BCUT2D eigenvalue weighted by molar-refractivity contribution is -0.141. The molecule has 14 nitrogen and oxygen atoms in total. The van der Waals surface area contributed by atoms with Gasteiger partial charge in [0.1, 0.15) is 23.0 Å². The van der Waals surface area contributed by atoms with Crippen molar-refractivity contribution in [2.24, 2.45) is 9.98 Å². The number of benzene rings is 2. The number of likely N-dealkylation sites (tertiary alicyclic amines) is 2. The number of aromatic hydroxyl groups is 2. The second-order valence-corrected chi connectivity index (χ2v) is 10.8. The molecule has 0 bridgehead atoms. The molecule has 4 rings (SSSR count). The summed E-state index contributed by atoms with van der Waals surface area (Å²) in [7, 11) is 0. The minimum absolute atomic E-state index is 0.00855. The van der Waals surface area contributed by atoms with Crippen LogP contribution in [-0.2, 0) is 28.8 Å². The molecule has 2 aliphatic heterocycles. The third-order valence-corrected chi connectivity index (χ3v) is 7.19. The Morgan fingerprint density at radius 1 is 0.717 bits per heavy atom. The van der Waals surface area contributed by atoms with Crippen LogP contribution in [0.1, 0.15) is 36.8 Å². The number of amides is 4. The molecule has 0 atom stereocenters. The number of rotatable bonds is 13. The van der Waals surface area contributed by atoms with Gasteiger partial charge < -0.3 is 19.7 Å². The van der Waals surface area contributed by atoms with E-state index >= 15 is 0 Å². The molecule has 0 aliphatic carbocycles. The monoisotopic (exact) mass is 666 g/mol. The maximum Gasteiger partial charge on any atom is 0.312 e. The quantitative estimate of drug-likeness (QED) is 0.0783. The fourth-order valence-electron chi connectivity index (χ4n) is 4.21. The minimum Gasteiger partial charge on any atom is -0.507 e. The van der Waals surface area contributed by atoms with Crippen molar-refractivity contribution >= 4 is 82.2 Å². The SMILES string of the molecule is O=C(CCN1C(=O)CC(=S)C1=O)Oc1ccc(O)c(C=NCCN=Cc2cc(OC(=O)CCN3C(=O)CC(=S)C3=O)ccc2O)c1. The van der Waals surface area contributed by atoms with E-state index in [2.05, 4.69) is 9.98 Å². The van der Waals surface area contributed by atoms with Crippen LogP contribution in [0.4, 0.5) is 0 Å². The van der Waals surface area contributed by atoms with Gasteiger partial charge >= 0.3 is 11.9 Å². The van der Waals surface area contributed by atoms with Gasteiger partial charge in [-0.05, 0) is 36.4 Å². The maximum absolute atomic E-state index is 12.2. The van der Waals surface area contributed by atoms with Crippen LogP contribution >= 0.6 is 24.4 Å². The predicted molar refractivity (Wildman–Crippen MR) is 170 cm³/mol. The Hall–Kier alpha value is -5.22. The Labute approximate surface area is 272 Å². The number of ether oxygens (including phenoxy) is 2. The van der Waals surface area contributed by atoms with Gasteiger partial charge in [-0.3, -0.25) is 48.6 Å². The molecule has 0 radical (unpaired) electrons. The Kier molecular flexibility index (Phi) is 11.1. The number of esters is 2. The lowest BCUT2D eigenvalue weighted by atomic mass is 10.2. The molecule has 0 saturated carbocycles. The third-order valence-electron chi connectivity index (χ3n) is 6.55. The minimum atomic E-state index is -0.691. The number of aliphatic imine (C=N–C) groups is 2. The standard InChI is InChI=1S/C30H26N4O10S2/c35-21-3-1-19(43-27(39)5-9-33-25(37)13-23(45)29(33)41)11-17(21)15-31-7-8-32-16-18-12-20(2-4-22(18)36)44-28(40)6-10-34-26(38)14-24(46)30(34)42/h1-4,11-12,15-16,35-36H,5-10,13-14H2. The van der Waals surface area contributed by atoms with Crippen LogP contribution in [0, 0.1) is 0 Å². The zero-order valence-corrected chi connectivity index (χ0v) is 25.7. The fraction of sp³-hybridized carbons (Fsp3) is 0.267. The van der Waals surface area contributed by atoms with Crippen molar-refractivity contribution in [3.05, 3.63) is 47.5 Å². The summed E-state index contributed by atoms with van der Waals surface area (Å²) in [5.41, 5.74) is 0.524. The van der Waals surface area contributed by atoms with E-state index in [1.807, 2.05) is 0 Å². The van der Waals surface area contributed by atoms with Gasteiger partial charge in [0.25, 0.3) is 11.8 Å². The van der Waals surface area contributed by atoms with Crippen molar-refractivity contribution in [2.75, 3.05) is 26.2 Å². The van der Waals surface area contributed by atoms with Crippen molar-refractivity contribution in [3.8, 4) is 23.0 Å². The summed E-state index contributed by atoms with van der Waals surface area (Å²) in [6.45, 7) is 0.0643. The van der Waals surface area contributed by atoms with Crippen LogP contribution in [0.25, 0.3) is 0 Å². The van der Waals surface area contributed by atoms with Gasteiger partial charge in [0.05, 0.1) is 48.5 Å². The Balaban J connectivity index is 1.23. The fourth-order valence-corrected chi connectivity index (χ4v) is 4.68. The molecule has 2 aromatic rings. The van der Waals surface area contributed by atoms with Gasteiger partial charge in [0.15, 0.2) is 0 Å². The number of nitrogens with zero attached hydrogens (tertiary/aromatic N) is 4. The summed E-state index contributed by atoms with van der Waals surface area (Å²) in [6.07, 6.45) is 1.96. The number of carbonyl (C=O) groups excluding carboxylic acids is 6. The van der Waals surface area contributed by atoms with Gasteiger partial charge in [0.2, 0.25) is 11.8 Å². The van der Waals surface area contributed by atoms with E-state index in [-0.39, 0.29) is 95.7 Å². The van der Waals surface area contributed by atoms with E-state index in [1.54, 1.807) is 0 Å². The first-order chi connectivity index (χ1) is 21.9. The molecule has 2 heterocycles. The number of imide groups is 2. The van der Waals surface area contributed by atoms with E-state index in [4.69, 9.17) is 33.9 Å². The molecule has 238 valence electrons. The van der Waals surface area contributed by atoms with E-state index < -0.39 is 35.6 Å². The van der Waals surface area contributed by atoms with Crippen molar-refractivity contribution < 1.29 is 48.5 Å². The van der Waals surface area contributed by atoms with Crippen LogP contribution in [0.5, 0.6) is 23.0 Å². The number of phenolic OH excluding ortho intramolecular Hbond substituents is 2. The van der Waals surface area contributed by atoms with Gasteiger partial charge in [-0.2, -0.15) is 0 Å². The highest BCUT2D eigenvalue weighted by Crippen LogP contribution is 2.23. The van der Waals surface area contributed by atoms with Gasteiger partial charge in [-0.1, -0.05) is 24.4 Å². The normalized spacial score (nSPS) is 15.2. The summed E-state index contributed by atoms with van der Waals surface area (Å²) < 4.78 is 10.5. The Morgan fingerprint density at radius 3 is 1.46 bits per heavy atom. The summed E-state index contributed by atoms with van der Waals surface area (Å²) in [6, 6.07) is 8.16. The average Bonchev–Trinajstić information content (AvgIpc) is 3.40. The van der Waals surface area contributed by atoms with Gasteiger partial charge in [-0.25, -0.2) is 0 Å². The number of thiocarbonyl (C=S) groups is 2. The first kappa shape index (κ1) is 33.7. The number of phenols is 2. The molecule has 2 aliphatic rings. The van der Waals surface area contributed by atoms with Crippen molar-refractivity contribution in [2.45, 2.75) is 25.7 Å². The van der Waals surface area contributed by atoms with E-state index in [9.17, 15) is 39.0 Å². The molecular weight excluding hydrogens is 640 g/mol. The highest BCUT2D eigenvalue weighted by molar-refractivity contribution is 7.82. The second kappa shape index (κ2) is 15.2. The Bertz CT molecular complexity index is 1580. The lowest BCUT2D eigenvalue weighted by Crippen LogP contribution is -2.33. The lowest BCUT2D eigenvalue weighted by Gasteiger charge is -2.12. The average molecular weight is 667 g/mol. The van der Waals surface area contributed by atoms with Crippen LogP contribution in [0.3, 0.4) is 0 Å². The summed E-state index contributed by atoms with van der Waals surface area (Å²) in [5, 5.41) is 20.3. The Morgan fingerprint density at radius 2 is 1.11 bits per heavy atom. The zero-order chi connectivity index (χ0) is 33.4. The summed E-state index contributed by atoms with van der Waals surface area (Å²) in [4.78, 5) is 82.0. The largest absolute Gasteiger partial charge is 0.507 e. The topological polar surface area (TPSA) is 193 Å². The van der Waals surface area contributed by atoms with E-state index in [0.29, 0.717) is 0 Å². The second-order valence-electron chi connectivity index (χ2n) is 9.86. The highest BCUT2D eigenvalue weighted by Gasteiger charge is 2.35. The predicted octanol–water partition coefficient (Wildman–Crippen LogP) is 1.48. The molecule has 2 N–H and O–H groups in total. The maximum atomic E-state index is 12.2. The van der Waals surface area contributed by atoms with Gasteiger partial charge in [-0.15, -0.1) is 0 Å². The molecule has 2 fully saturated rings. The third kappa shape index (κ3) is 8.70. The first-order valence-electron chi connectivity index (χ1n) is 13.7. The number of hydrogen-bond donors (Lipinski definition) is 2. The van der Waals surface area contributed by atoms with Crippen LogP contribution < -0.4 is 9.47 Å². The molecule has 0 aromatic heterocycles. The highest BCUT2D eigenvalue weighted by atomic mass is 32.1. The molecular formula is C30H26N4O10S2. The molecule has 2 saturated heterocycles. The molecule has 2 aromatic carbocycles. The van der Waals surface area contributed by atoms with Crippen LogP contribution in [-0.4, -0.2) is 104 Å². The van der Waals surface area contributed by atoms with Crippen LogP contribution in [0.15, 0.2) is 46.4 Å². The number of carbonyl (C=O) groups is 6. The van der Waals surface area contributed by atoms with Crippen LogP contribution in [0.2, 0.25) is 0 Å². The summed E-state index contributed by atoms with van der Waals surface area (Å²) >= 11 is 9.65. The molecule has 46 heavy (non-hydrogen) atoms. The smallest absolute Gasteiger partial charge is 0.312 e. The van der Waals surface area contributed by atoms with E-state index in [0.717, 1.165) is 9.80 Å². The van der Waals surface area contributed by atoms with Crippen molar-refractivity contribution in [1.82, 2.24) is 9.80 Å². The van der Waals surface area contributed by atoms with Gasteiger partial charge in [0, 0.05) is 36.6 Å². The number of hydrogen-bond acceptors (Lipinski definition) is 14. The molecule has 4 amide bonds. The first-order valence-corrected chi connectivity index (χ1v) is 14.6. The summed E-state index contributed by atoms with van der Waals surface area (Å²) in [5.74, 6) is -3.46. The van der Waals surface area contributed by atoms with Crippen molar-refractivity contribution in [3.63, 3.8) is 0 Å². The zero-order valence-electron chi connectivity index (χ0n) is 24.0. The van der Waals surface area contributed by atoms with Crippen molar-refractivity contribution in [1.29, 1.82) is 0 Å².